The van der Waals surface area contributed by atoms with Crippen LogP contribution in [0.3, 0.4) is 0 Å². The fourth-order valence-corrected chi connectivity index (χ4v) is 4.08. The standard InChI is InChI=1S/C19H32N2/c1-5-17-8-10-18(11-9-17)21(4)15-19(14-20-3)12-6-7-16(2)13-19/h8-11,16,20H,5-7,12-15H2,1-4H3. The van der Waals surface area contributed by atoms with Gasteiger partial charge in [0.2, 0.25) is 0 Å². The summed E-state index contributed by atoms with van der Waals surface area (Å²) in [6.45, 7) is 6.92. The average Bonchev–Trinajstić information content (AvgIpc) is 2.47. The molecule has 1 aromatic carbocycles. The lowest BCUT2D eigenvalue weighted by Crippen LogP contribution is -2.45. The molecule has 0 aromatic heterocycles. The monoisotopic (exact) mass is 288 g/mol. The number of rotatable bonds is 6. The highest BCUT2D eigenvalue weighted by Gasteiger charge is 2.35. The zero-order valence-corrected chi connectivity index (χ0v) is 14.3. The second-order valence-electron chi connectivity index (χ2n) is 7.11. The van der Waals surface area contributed by atoms with E-state index in [9.17, 15) is 0 Å². The fraction of sp³-hybridized carbons (Fsp3) is 0.684. The first-order chi connectivity index (χ1) is 10.1. The summed E-state index contributed by atoms with van der Waals surface area (Å²) in [5.41, 5.74) is 3.20. The van der Waals surface area contributed by atoms with E-state index in [1.54, 1.807) is 0 Å². The lowest BCUT2D eigenvalue weighted by molar-refractivity contribution is 0.152. The van der Waals surface area contributed by atoms with Crippen molar-refractivity contribution >= 4 is 5.69 Å². The van der Waals surface area contributed by atoms with Crippen LogP contribution >= 0.6 is 0 Å². The summed E-state index contributed by atoms with van der Waals surface area (Å²) in [6, 6.07) is 9.08. The van der Waals surface area contributed by atoms with Crippen molar-refractivity contribution in [2.45, 2.75) is 46.0 Å². The van der Waals surface area contributed by atoms with Gasteiger partial charge in [-0.25, -0.2) is 0 Å². The van der Waals surface area contributed by atoms with Crippen LogP contribution in [-0.2, 0) is 6.42 Å². The van der Waals surface area contributed by atoms with Gasteiger partial charge in [0.05, 0.1) is 0 Å². The quantitative estimate of drug-likeness (QED) is 0.848. The fourth-order valence-electron chi connectivity index (χ4n) is 4.08. The van der Waals surface area contributed by atoms with Gasteiger partial charge < -0.3 is 10.2 Å². The largest absolute Gasteiger partial charge is 0.374 e. The SMILES string of the molecule is CCc1ccc(N(C)CC2(CNC)CCCC(C)C2)cc1. The highest BCUT2D eigenvalue weighted by atomic mass is 15.1. The molecule has 2 nitrogen and oxygen atoms in total. The summed E-state index contributed by atoms with van der Waals surface area (Å²) < 4.78 is 0. The molecule has 1 saturated carbocycles. The molecule has 1 aliphatic carbocycles. The number of anilines is 1. The first-order valence-electron chi connectivity index (χ1n) is 8.53. The van der Waals surface area contributed by atoms with E-state index < -0.39 is 0 Å². The zero-order valence-electron chi connectivity index (χ0n) is 14.3. The maximum Gasteiger partial charge on any atom is 0.0363 e. The van der Waals surface area contributed by atoms with Gasteiger partial charge in [0.1, 0.15) is 0 Å². The Kier molecular flexibility index (Phi) is 5.69. The Morgan fingerprint density at radius 3 is 2.57 bits per heavy atom. The van der Waals surface area contributed by atoms with Gasteiger partial charge in [0.25, 0.3) is 0 Å². The van der Waals surface area contributed by atoms with E-state index in [1.165, 1.54) is 36.9 Å². The van der Waals surface area contributed by atoms with Crippen LogP contribution in [0.4, 0.5) is 5.69 Å². The van der Waals surface area contributed by atoms with Gasteiger partial charge in [0.15, 0.2) is 0 Å². The van der Waals surface area contributed by atoms with E-state index in [4.69, 9.17) is 0 Å². The maximum absolute atomic E-state index is 3.45. The van der Waals surface area contributed by atoms with E-state index in [-0.39, 0.29) is 0 Å². The maximum atomic E-state index is 3.45. The van der Waals surface area contributed by atoms with Crippen LogP contribution < -0.4 is 10.2 Å². The number of nitrogens with one attached hydrogen (secondary N) is 1. The molecule has 2 atom stereocenters. The van der Waals surface area contributed by atoms with Gasteiger partial charge >= 0.3 is 0 Å². The third kappa shape index (κ3) is 4.23. The minimum absolute atomic E-state index is 0.435. The number of nitrogens with zero attached hydrogens (tertiary/aromatic N) is 1. The summed E-state index contributed by atoms with van der Waals surface area (Å²) >= 11 is 0. The summed E-state index contributed by atoms with van der Waals surface area (Å²) in [5.74, 6) is 0.864. The third-order valence-corrected chi connectivity index (χ3v) is 5.10. The van der Waals surface area contributed by atoms with Crippen molar-refractivity contribution in [3.8, 4) is 0 Å². The molecule has 1 fully saturated rings. The molecule has 1 aliphatic rings. The van der Waals surface area contributed by atoms with Crippen LogP contribution in [0.1, 0.15) is 45.1 Å². The van der Waals surface area contributed by atoms with Gasteiger partial charge in [-0.05, 0) is 49.9 Å². The van der Waals surface area contributed by atoms with E-state index in [0.717, 1.165) is 25.4 Å². The molecule has 1 N–H and O–H groups in total. The molecule has 1 aromatic rings. The number of hydrogen-bond acceptors (Lipinski definition) is 2. The normalized spacial score (nSPS) is 25.8. The molecule has 0 spiro atoms. The summed E-state index contributed by atoms with van der Waals surface area (Å²) in [5, 5.41) is 3.45. The van der Waals surface area contributed by atoms with Gasteiger partial charge in [-0.2, -0.15) is 0 Å². The van der Waals surface area contributed by atoms with Gasteiger partial charge in [-0.1, -0.05) is 38.8 Å². The Hall–Kier alpha value is -1.02. The van der Waals surface area contributed by atoms with Gasteiger partial charge in [-0.15, -0.1) is 0 Å². The molecule has 21 heavy (non-hydrogen) atoms. The van der Waals surface area contributed by atoms with Crippen LogP contribution in [-0.4, -0.2) is 27.2 Å². The van der Waals surface area contributed by atoms with E-state index >= 15 is 0 Å². The highest BCUT2D eigenvalue weighted by Crippen LogP contribution is 2.40. The Morgan fingerprint density at radius 1 is 1.29 bits per heavy atom. The van der Waals surface area contributed by atoms with Crippen molar-refractivity contribution in [2.24, 2.45) is 11.3 Å². The van der Waals surface area contributed by atoms with Crippen molar-refractivity contribution in [1.82, 2.24) is 5.32 Å². The van der Waals surface area contributed by atoms with Crippen LogP contribution in [0.25, 0.3) is 0 Å². The Bertz CT molecular complexity index is 422. The van der Waals surface area contributed by atoms with Crippen LogP contribution in [0.2, 0.25) is 0 Å². The molecule has 0 saturated heterocycles. The summed E-state index contributed by atoms with van der Waals surface area (Å²) in [7, 11) is 4.34. The third-order valence-electron chi connectivity index (χ3n) is 5.10. The first kappa shape index (κ1) is 16.4. The highest BCUT2D eigenvalue weighted by molar-refractivity contribution is 5.47. The molecule has 2 rings (SSSR count). The number of hydrogen-bond donors (Lipinski definition) is 1. The van der Waals surface area contributed by atoms with Crippen molar-refractivity contribution < 1.29 is 0 Å². The topological polar surface area (TPSA) is 15.3 Å². The molecule has 118 valence electrons. The van der Waals surface area contributed by atoms with Crippen molar-refractivity contribution in [2.75, 3.05) is 32.1 Å². The molecule has 2 unspecified atom stereocenters. The second kappa shape index (κ2) is 7.31. The first-order valence-corrected chi connectivity index (χ1v) is 8.53. The molecule has 0 amide bonds. The lowest BCUT2D eigenvalue weighted by atomic mass is 9.69. The van der Waals surface area contributed by atoms with E-state index in [0.29, 0.717) is 5.41 Å². The van der Waals surface area contributed by atoms with E-state index in [1.807, 2.05) is 0 Å². The molecule has 0 bridgehead atoms. The molecular weight excluding hydrogens is 256 g/mol. The average molecular weight is 288 g/mol. The number of aryl methyl sites for hydroxylation is 1. The van der Waals surface area contributed by atoms with Crippen molar-refractivity contribution in [3.63, 3.8) is 0 Å². The Labute approximate surface area is 130 Å². The van der Waals surface area contributed by atoms with E-state index in [2.05, 4.69) is 62.4 Å². The zero-order chi connectivity index (χ0) is 15.3. The molecule has 0 aliphatic heterocycles. The Balaban J connectivity index is 2.07. The van der Waals surface area contributed by atoms with Crippen molar-refractivity contribution in [3.05, 3.63) is 29.8 Å². The van der Waals surface area contributed by atoms with Crippen LogP contribution in [0, 0.1) is 11.3 Å². The molecule has 0 heterocycles. The minimum atomic E-state index is 0.435. The molecular formula is C19H32N2. The van der Waals surface area contributed by atoms with Gasteiger partial charge in [-0.3, -0.25) is 0 Å². The van der Waals surface area contributed by atoms with Gasteiger partial charge in [0, 0.05) is 31.2 Å². The predicted molar refractivity (Wildman–Crippen MR) is 93.1 cm³/mol. The second-order valence-corrected chi connectivity index (χ2v) is 7.11. The predicted octanol–water partition coefficient (Wildman–Crippen LogP) is 4.10. The number of benzene rings is 1. The summed E-state index contributed by atoms with van der Waals surface area (Å²) in [6.07, 6.45) is 6.61. The summed E-state index contributed by atoms with van der Waals surface area (Å²) in [4.78, 5) is 2.45. The molecule has 0 radical (unpaired) electrons. The molecule has 2 heteroatoms. The lowest BCUT2D eigenvalue weighted by Gasteiger charge is -2.43. The minimum Gasteiger partial charge on any atom is -0.374 e. The van der Waals surface area contributed by atoms with Crippen LogP contribution in [0.15, 0.2) is 24.3 Å². The van der Waals surface area contributed by atoms with Crippen molar-refractivity contribution in [1.29, 1.82) is 0 Å². The van der Waals surface area contributed by atoms with Crippen LogP contribution in [0.5, 0.6) is 0 Å². The smallest absolute Gasteiger partial charge is 0.0363 e. The Morgan fingerprint density at radius 2 is 2.00 bits per heavy atom.